The van der Waals surface area contributed by atoms with Crippen LogP contribution in [0.5, 0.6) is 0 Å². The van der Waals surface area contributed by atoms with Crippen LogP contribution in [0.1, 0.15) is 37.0 Å². The van der Waals surface area contributed by atoms with Crippen LogP contribution < -0.4 is 5.32 Å². The second kappa shape index (κ2) is 10.6. The fourth-order valence-electron chi connectivity index (χ4n) is 3.81. The first kappa shape index (κ1) is 25.1. The highest BCUT2D eigenvalue weighted by atomic mass is 35.5. The molecule has 178 valence electrons. The predicted octanol–water partition coefficient (Wildman–Crippen LogP) is 4.00. The van der Waals surface area contributed by atoms with E-state index in [2.05, 4.69) is 5.32 Å². The van der Waals surface area contributed by atoms with Crippen LogP contribution in [0, 0.1) is 11.7 Å². The molecule has 33 heavy (non-hydrogen) atoms. The highest BCUT2D eigenvalue weighted by Gasteiger charge is 2.32. The number of piperidine rings is 1. The van der Waals surface area contributed by atoms with Crippen LogP contribution in [0.2, 0.25) is 5.02 Å². The molecule has 1 saturated heterocycles. The number of amides is 2. The molecule has 10 heteroatoms. The lowest BCUT2D eigenvalue weighted by atomic mass is 9.97. The summed E-state index contributed by atoms with van der Waals surface area (Å²) in [5.74, 6) is -1.26. The van der Waals surface area contributed by atoms with Gasteiger partial charge in [0.2, 0.25) is 15.9 Å². The van der Waals surface area contributed by atoms with Crippen LogP contribution in [0.3, 0.4) is 0 Å². The van der Waals surface area contributed by atoms with Gasteiger partial charge in [-0.1, -0.05) is 11.6 Å². The van der Waals surface area contributed by atoms with Gasteiger partial charge in [0.25, 0.3) is 5.91 Å². The van der Waals surface area contributed by atoms with Crippen LogP contribution in [0.15, 0.2) is 47.4 Å². The molecule has 0 aromatic heterocycles. The molecule has 0 spiro atoms. The highest BCUT2D eigenvalue weighted by molar-refractivity contribution is 7.89. The van der Waals surface area contributed by atoms with Gasteiger partial charge < -0.3 is 10.2 Å². The molecule has 0 radical (unpaired) electrons. The Hall–Kier alpha value is -2.49. The smallest absolute Gasteiger partial charge is 0.255 e. The van der Waals surface area contributed by atoms with Crippen LogP contribution in [-0.2, 0) is 14.8 Å². The van der Waals surface area contributed by atoms with E-state index in [-0.39, 0.29) is 40.7 Å². The van der Waals surface area contributed by atoms with Gasteiger partial charge in [0.15, 0.2) is 0 Å². The molecule has 3 rings (SSSR count). The van der Waals surface area contributed by atoms with Crippen molar-refractivity contribution in [2.75, 3.05) is 31.5 Å². The molecule has 1 aliphatic rings. The van der Waals surface area contributed by atoms with E-state index in [0.29, 0.717) is 37.2 Å². The Morgan fingerprint density at radius 3 is 2.24 bits per heavy atom. The van der Waals surface area contributed by atoms with Gasteiger partial charge in [-0.15, -0.1) is 0 Å². The molecular formula is C23H27ClFN3O4S. The van der Waals surface area contributed by atoms with Crippen molar-refractivity contribution in [1.29, 1.82) is 0 Å². The van der Waals surface area contributed by atoms with Crippen molar-refractivity contribution in [3.8, 4) is 0 Å². The maximum atomic E-state index is 13.1. The van der Waals surface area contributed by atoms with Gasteiger partial charge >= 0.3 is 0 Å². The van der Waals surface area contributed by atoms with Crippen LogP contribution in [-0.4, -0.2) is 55.6 Å². The summed E-state index contributed by atoms with van der Waals surface area (Å²) < 4.78 is 39.9. The first-order valence-electron chi connectivity index (χ1n) is 10.8. The Labute approximate surface area is 198 Å². The van der Waals surface area contributed by atoms with Crippen molar-refractivity contribution >= 4 is 39.1 Å². The number of nitrogens with one attached hydrogen (secondary N) is 1. The largest absolute Gasteiger partial charge is 0.339 e. The van der Waals surface area contributed by atoms with Gasteiger partial charge in [0, 0.05) is 37.8 Å². The zero-order valence-electron chi connectivity index (χ0n) is 18.6. The average molecular weight is 496 g/mol. The molecule has 2 aromatic rings. The Balaban J connectivity index is 1.61. The first-order valence-corrected chi connectivity index (χ1v) is 12.6. The van der Waals surface area contributed by atoms with E-state index in [0.717, 1.165) is 12.1 Å². The van der Waals surface area contributed by atoms with Crippen molar-refractivity contribution in [2.24, 2.45) is 5.92 Å². The number of anilines is 1. The summed E-state index contributed by atoms with van der Waals surface area (Å²) >= 11 is 6.29. The molecule has 0 bridgehead atoms. The summed E-state index contributed by atoms with van der Waals surface area (Å²) in [4.78, 5) is 26.9. The van der Waals surface area contributed by atoms with Crippen molar-refractivity contribution in [3.63, 3.8) is 0 Å². The molecule has 2 amide bonds. The number of benzene rings is 2. The number of sulfonamides is 1. The SMILES string of the molecule is CCN(CC)C(=O)c1ccc(NC(=O)C2CCN(S(=O)(=O)c3ccc(F)cc3)CC2)cc1Cl. The number of nitrogens with zero attached hydrogens (tertiary/aromatic N) is 2. The van der Waals surface area contributed by atoms with E-state index in [9.17, 15) is 22.4 Å². The number of carbonyl (C=O) groups excluding carboxylic acids is 2. The van der Waals surface area contributed by atoms with E-state index in [1.54, 1.807) is 23.1 Å². The van der Waals surface area contributed by atoms with Gasteiger partial charge in [0.1, 0.15) is 5.82 Å². The average Bonchev–Trinajstić information content (AvgIpc) is 2.80. The minimum Gasteiger partial charge on any atom is -0.339 e. The molecule has 0 atom stereocenters. The monoisotopic (exact) mass is 495 g/mol. The predicted molar refractivity (Wildman–Crippen MR) is 125 cm³/mol. The van der Waals surface area contributed by atoms with Gasteiger partial charge in [-0.25, -0.2) is 12.8 Å². The molecular weight excluding hydrogens is 469 g/mol. The Morgan fingerprint density at radius 1 is 1.09 bits per heavy atom. The van der Waals surface area contributed by atoms with Crippen molar-refractivity contribution < 1.29 is 22.4 Å². The Morgan fingerprint density at radius 2 is 1.70 bits per heavy atom. The van der Waals surface area contributed by atoms with E-state index in [1.807, 2.05) is 13.8 Å². The number of hydrogen-bond donors (Lipinski definition) is 1. The maximum absolute atomic E-state index is 13.1. The topological polar surface area (TPSA) is 86.8 Å². The summed E-state index contributed by atoms with van der Waals surface area (Å²) in [6.07, 6.45) is 0.719. The van der Waals surface area contributed by atoms with Gasteiger partial charge in [-0.3, -0.25) is 9.59 Å². The zero-order chi connectivity index (χ0) is 24.2. The summed E-state index contributed by atoms with van der Waals surface area (Å²) in [7, 11) is -3.74. The van der Waals surface area contributed by atoms with Crippen LogP contribution in [0.4, 0.5) is 10.1 Å². The van der Waals surface area contributed by atoms with Gasteiger partial charge in [0.05, 0.1) is 15.5 Å². The van der Waals surface area contributed by atoms with E-state index in [4.69, 9.17) is 11.6 Å². The normalized spacial score (nSPS) is 15.3. The third-order valence-electron chi connectivity index (χ3n) is 5.79. The second-order valence-corrected chi connectivity index (χ2v) is 10.1. The quantitative estimate of drug-likeness (QED) is 0.629. The van der Waals surface area contributed by atoms with Crippen molar-refractivity contribution in [3.05, 3.63) is 58.9 Å². The van der Waals surface area contributed by atoms with Gasteiger partial charge in [-0.2, -0.15) is 4.31 Å². The molecule has 0 saturated carbocycles. The second-order valence-electron chi connectivity index (χ2n) is 7.79. The van der Waals surface area contributed by atoms with E-state index >= 15 is 0 Å². The summed E-state index contributed by atoms with van der Waals surface area (Å²) in [5, 5.41) is 3.06. The minimum atomic E-state index is -3.74. The molecule has 1 fully saturated rings. The summed E-state index contributed by atoms with van der Waals surface area (Å²) in [6.45, 7) is 5.30. The lowest BCUT2D eigenvalue weighted by Gasteiger charge is -2.30. The lowest BCUT2D eigenvalue weighted by Crippen LogP contribution is -2.41. The molecule has 0 aliphatic carbocycles. The highest BCUT2D eigenvalue weighted by Crippen LogP contribution is 2.27. The fourth-order valence-corrected chi connectivity index (χ4v) is 5.54. The number of halogens is 2. The van der Waals surface area contributed by atoms with Crippen molar-refractivity contribution in [1.82, 2.24) is 9.21 Å². The molecule has 1 N–H and O–H groups in total. The number of rotatable bonds is 7. The zero-order valence-corrected chi connectivity index (χ0v) is 20.1. The summed E-state index contributed by atoms with van der Waals surface area (Å²) in [5.41, 5.74) is 0.847. The third-order valence-corrected chi connectivity index (χ3v) is 8.02. The molecule has 0 unspecified atom stereocenters. The fraction of sp³-hybridized carbons (Fsp3) is 0.391. The minimum absolute atomic E-state index is 0.0285. The van der Waals surface area contributed by atoms with Gasteiger partial charge in [-0.05, 0) is 69.2 Å². The molecule has 1 heterocycles. The number of carbonyl (C=O) groups is 2. The third kappa shape index (κ3) is 5.72. The standard InChI is InChI=1S/C23H27ClFN3O4S/c1-3-27(4-2)23(30)20-10-7-18(15-21(20)24)26-22(29)16-11-13-28(14-12-16)33(31,32)19-8-5-17(25)6-9-19/h5-10,15-16H,3-4,11-14H2,1-2H3,(H,26,29). The van der Waals surface area contributed by atoms with E-state index in [1.165, 1.54) is 16.4 Å². The Kier molecular flexibility index (Phi) is 8.10. The van der Waals surface area contributed by atoms with Crippen LogP contribution in [0.25, 0.3) is 0 Å². The molecule has 7 nitrogen and oxygen atoms in total. The number of hydrogen-bond acceptors (Lipinski definition) is 4. The van der Waals surface area contributed by atoms with Crippen molar-refractivity contribution in [2.45, 2.75) is 31.6 Å². The summed E-state index contributed by atoms with van der Waals surface area (Å²) in [6, 6.07) is 9.47. The lowest BCUT2D eigenvalue weighted by molar-refractivity contribution is -0.120. The first-order chi connectivity index (χ1) is 15.7. The van der Waals surface area contributed by atoms with Crippen LogP contribution >= 0.6 is 11.6 Å². The maximum Gasteiger partial charge on any atom is 0.255 e. The molecule has 1 aliphatic heterocycles. The molecule has 2 aromatic carbocycles. The Bertz CT molecular complexity index is 1110. The van der Waals surface area contributed by atoms with E-state index < -0.39 is 15.8 Å².